The van der Waals surface area contributed by atoms with Crippen LogP contribution < -0.4 is 9.05 Å². The lowest BCUT2D eigenvalue weighted by Crippen LogP contribution is -2.05. The number of hydrogen-bond acceptors (Lipinski definition) is 2. The van der Waals surface area contributed by atoms with E-state index in [0.717, 1.165) is 17.7 Å². The molecule has 0 saturated heterocycles. The Morgan fingerprint density at radius 3 is 1.26 bits per heavy atom. The van der Waals surface area contributed by atoms with Crippen molar-refractivity contribution in [1.82, 2.24) is 0 Å². The van der Waals surface area contributed by atoms with Crippen LogP contribution in [0.1, 0.15) is 140 Å². The van der Waals surface area contributed by atoms with Crippen molar-refractivity contribution in [3.63, 3.8) is 0 Å². The minimum atomic E-state index is 0.387. The topological polar surface area (TPSA) is 18.5 Å². The molecule has 4 heteroatoms. The van der Waals surface area contributed by atoms with Crippen LogP contribution >= 0.6 is 18.3 Å². The maximum Gasteiger partial charge on any atom is 0.134 e. The van der Waals surface area contributed by atoms with Gasteiger partial charge in [-0.05, 0) is 205 Å². The predicted molar refractivity (Wildman–Crippen MR) is 280 cm³/mol. The number of benzene rings is 6. The molecule has 0 aromatic heterocycles. The predicted octanol–water partition coefficient (Wildman–Crippen LogP) is 17.6. The van der Waals surface area contributed by atoms with Crippen molar-refractivity contribution in [3.05, 3.63) is 185 Å². The first-order valence-electron chi connectivity index (χ1n) is 22.3. The molecule has 62 heavy (non-hydrogen) atoms. The Labute approximate surface area is 382 Å². The zero-order chi connectivity index (χ0) is 46.6. The molecule has 6 aromatic carbocycles. The third-order valence-corrected chi connectivity index (χ3v) is 13.3. The highest BCUT2D eigenvalue weighted by Gasteiger charge is 2.24. The van der Waals surface area contributed by atoms with Gasteiger partial charge >= 0.3 is 0 Å². The molecule has 0 heterocycles. The van der Waals surface area contributed by atoms with Gasteiger partial charge in [-0.25, -0.2) is 0 Å². The molecule has 0 amide bonds. The van der Waals surface area contributed by atoms with Crippen molar-refractivity contribution in [2.75, 3.05) is 0 Å². The minimum absolute atomic E-state index is 0.387. The summed E-state index contributed by atoms with van der Waals surface area (Å²) in [5.74, 6) is 2.90. The molecule has 2 unspecified atom stereocenters. The van der Waals surface area contributed by atoms with Gasteiger partial charge < -0.3 is 9.05 Å². The normalized spacial score (nSPS) is 10.9. The molecule has 0 bridgehead atoms. The van der Waals surface area contributed by atoms with Crippen molar-refractivity contribution in [3.8, 4) is 22.6 Å². The van der Waals surface area contributed by atoms with Gasteiger partial charge in [0.2, 0.25) is 0 Å². The molecule has 0 aliphatic rings. The van der Waals surface area contributed by atoms with E-state index in [1.165, 1.54) is 111 Å². The first-order valence-corrected chi connectivity index (χ1v) is 23.9. The van der Waals surface area contributed by atoms with Crippen molar-refractivity contribution in [2.24, 2.45) is 0 Å². The molecule has 0 fully saturated rings. The van der Waals surface area contributed by atoms with Crippen LogP contribution in [0.15, 0.2) is 84.9 Å². The second-order valence-corrected chi connectivity index (χ2v) is 19.3. The summed E-state index contributed by atoms with van der Waals surface area (Å²) in [7, 11) is 2.63. The molecule has 0 spiro atoms. The highest BCUT2D eigenvalue weighted by atomic mass is 31.1. The Bertz CT molecular complexity index is 2390. The average molecular weight is 869 g/mol. The summed E-state index contributed by atoms with van der Waals surface area (Å²) in [5.41, 5.74) is 26.9. The van der Waals surface area contributed by atoms with Crippen molar-refractivity contribution < 1.29 is 9.05 Å². The summed E-state index contributed by atoms with van der Waals surface area (Å²) >= 11 is 0. The fourth-order valence-corrected chi connectivity index (χ4v) is 9.00. The first kappa shape index (κ1) is 52.1. The number of rotatable bonds is 8. The first-order chi connectivity index (χ1) is 29.1. The summed E-state index contributed by atoms with van der Waals surface area (Å²) < 4.78 is 11.8. The Balaban J connectivity index is 0.000000291. The van der Waals surface area contributed by atoms with E-state index in [1.54, 1.807) is 0 Å². The smallest absolute Gasteiger partial charge is 0.134 e. The van der Waals surface area contributed by atoms with Crippen molar-refractivity contribution in [1.29, 1.82) is 0 Å². The Morgan fingerprint density at radius 1 is 0.419 bits per heavy atom. The summed E-state index contributed by atoms with van der Waals surface area (Å²) in [4.78, 5) is 0. The van der Waals surface area contributed by atoms with E-state index in [2.05, 4.69) is 207 Å². The van der Waals surface area contributed by atoms with Gasteiger partial charge in [0.05, 0.1) is 18.3 Å². The van der Waals surface area contributed by atoms with Crippen LogP contribution in [0.25, 0.3) is 11.1 Å². The molecule has 6 aromatic rings. The average Bonchev–Trinajstić information content (AvgIpc) is 3.20. The molecule has 332 valence electrons. The highest BCUT2D eigenvalue weighted by molar-refractivity contribution is 7.31. The second-order valence-electron chi connectivity index (χ2n) is 18.2. The van der Waals surface area contributed by atoms with Crippen LogP contribution in [-0.4, -0.2) is 0 Å². The van der Waals surface area contributed by atoms with Gasteiger partial charge in [0.25, 0.3) is 0 Å². The fraction of sp³-hybridized carbons (Fsp3) is 0.379. The van der Waals surface area contributed by atoms with Gasteiger partial charge in [-0.1, -0.05) is 129 Å². The van der Waals surface area contributed by atoms with Gasteiger partial charge in [0.1, 0.15) is 11.5 Å². The number of aryl methyl sites for hydroxylation is 12. The summed E-state index contributed by atoms with van der Waals surface area (Å²) in [5, 5.41) is 0. The third kappa shape index (κ3) is 14.4. The molecule has 0 saturated carbocycles. The van der Waals surface area contributed by atoms with E-state index in [0.29, 0.717) is 20.6 Å². The minimum Gasteiger partial charge on any atom is -0.480 e. The molecule has 0 aliphatic carbocycles. The lowest BCUT2D eigenvalue weighted by atomic mass is 9.81. The molecule has 0 radical (unpaired) electrons. The van der Waals surface area contributed by atoms with E-state index in [-0.39, 0.29) is 0 Å². The maximum atomic E-state index is 6.79. The van der Waals surface area contributed by atoms with Gasteiger partial charge in [0.15, 0.2) is 0 Å². The van der Waals surface area contributed by atoms with Crippen LogP contribution in [0.2, 0.25) is 0 Å². The molecule has 0 aliphatic heterocycles. The lowest BCUT2D eigenvalue weighted by Gasteiger charge is -2.26. The molecule has 0 N–H and O–H groups in total. The molecule has 6 rings (SSSR count). The van der Waals surface area contributed by atoms with Gasteiger partial charge in [-0.2, -0.15) is 0 Å². The standard InChI is InChI=1S/C32H43OP.2C9H12.C8H11OP/c1-18(2)28-15-21(6)24(9)30(26(28)11)31-25(10)22(7)16-29(19(3)4)32(31)33-34-17-27-13-12-20(5)14-23(27)8;2*1-7-4-5-8(2)9(3)6-7;1-6-3-4-8(9-10)7(2)5-6/h12-16,18-19,34H,17H2,1-11H3;2*4-6H,1-3H3;3-5H,10H2,1-2H3. The van der Waals surface area contributed by atoms with Crippen molar-refractivity contribution >= 4 is 18.3 Å². The van der Waals surface area contributed by atoms with E-state index in [1.807, 2.05) is 19.1 Å². The zero-order valence-corrected chi connectivity index (χ0v) is 44.0. The fourth-order valence-electron chi connectivity index (χ4n) is 7.75. The molecule has 2 nitrogen and oxygen atoms in total. The quantitative estimate of drug-likeness (QED) is 0.142. The number of hydrogen-bond donors (Lipinski definition) is 0. The Hall–Kier alpha value is -4.22. The highest BCUT2D eigenvalue weighted by Crippen LogP contribution is 2.47. The van der Waals surface area contributed by atoms with Crippen LogP contribution in [0.4, 0.5) is 0 Å². The SMILES string of the molecule is Cc1ccc(C)c(C)c1.Cc1ccc(C)c(C)c1.Cc1ccc(CPOc2c(C(C)C)cc(C)c(C)c2-c2c(C)c(C)cc(C(C)C)c2C)c(C)c1.Cc1ccc(OP)c(C)c1. The van der Waals surface area contributed by atoms with E-state index < -0.39 is 0 Å². The van der Waals surface area contributed by atoms with Crippen LogP contribution in [0, 0.1) is 104 Å². The lowest BCUT2D eigenvalue weighted by molar-refractivity contribution is 0.611. The molecular weight excluding hydrogens is 791 g/mol. The van der Waals surface area contributed by atoms with Crippen LogP contribution in [0.5, 0.6) is 11.5 Å². The van der Waals surface area contributed by atoms with Crippen LogP contribution in [0.3, 0.4) is 0 Å². The zero-order valence-electron chi connectivity index (χ0n) is 41.8. The summed E-state index contributed by atoms with van der Waals surface area (Å²) in [6.45, 7) is 41.8. The second kappa shape index (κ2) is 24.0. The van der Waals surface area contributed by atoms with Gasteiger partial charge in [0, 0.05) is 11.7 Å². The summed E-state index contributed by atoms with van der Waals surface area (Å²) in [6, 6.07) is 30.6. The van der Waals surface area contributed by atoms with Crippen molar-refractivity contribution in [2.45, 2.75) is 150 Å². The summed E-state index contributed by atoms with van der Waals surface area (Å²) in [6.07, 6.45) is 0.943. The maximum absolute atomic E-state index is 6.79. The monoisotopic (exact) mass is 869 g/mol. The van der Waals surface area contributed by atoms with Crippen LogP contribution in [-0.2, 0) is 6.16 Å². The van der Waals surface area contributed by atoms with Gasteiger partial charge in [-0.3, -0.25) is 0 Å². The largest absolute Gasteiger partial charge is 0.480 e. The van der Waals surface area contributed by atoms with E-state index >= 15 is 0 Å². The Morgan fingerprint density at radius 2 is 0.839 bits per heavy atom. The van der Waals surface area contributed by atoms with E-state index in [4.69, 9.17) is 9.05 Å². The molecular formula is C58H78O2P2. The van der Waals surface area contributed by atoms with E-state index in [9.17, 15) is 0 Å². The molecule has 2 atom stereocenters. The third-order valence-electron chi connectivity index (χ3n) is 12.2. The van der Waals surface area contributed by atoms with Gasteiger partial charge in [-0.15, -0.1) is 0 Å². The Kier molecular flexibility index (Phi) is 20.2.